The van der Waals surface area contributed by atoms with Crippen molar-refractivity contribution in [1.82, 2.24) is 4.90 Å². The molecule has 1 aliphatic carbocycles. The maximum Gasteiger partial charge on any atom is 0.290 e. The third kappa shape index (κ3) is 3.61. The van der Waals surface area contributed by atoms with E-state index in [-0.39, 0.29) is 40.6 Å². The summed E-state index contributed by atoms with van der Waals surface area (Å²) in [5.41, 5.74) is 2.23. The van der Waals surface area contributed by atoms with Crippen molar-refractivity contribution in [2.24, 2.45) is 5.92 Å². The predicted molar refractivity (Wildman–Crippen MR) is 117 cm³/mol. The minimum absolute atomic E-state index is 0.0412. The van der Waals surface area contributed by atoms with Crippen LogP contribution < -0.4 is 0 Å². The number of amides is 1. The summed E-state index contributed by atoms with van der Waals surface area (Å²) >= 11 is 6.36. The molecule has 1 fully saturated rings. The van der Waals surface area contributed by atoms with Crippen LogP contribution in [0.5, 0.6) is 5.75 Å². The van der Waals surface area contributed by atoms with E-state index in [2.05, 4.69) is 0 Å². The lowest BCUT2D eigenvalue weighted by Gasteiger charge is -2.37. The van der Waals surface area contributed by atoms with E-state index < -0.39 is 6.04 Å². The van der Waals surface area contributed by atoms with Gasteiger partial charge in [0.25, 0.3) is 5.91 Å². The van der Waals surface area contributed by atoms with Gasteiger partial charge >= 0.3 is 0 Å². The van der Waals surface area contributed by atoms with Crippen LogP contribution in [0, 0.1) is 5.92 Å². The van der Waals surface area contributed by atoms with E-state index in [1.54, 1.807) is 23.1 Å². The number of halogens is 1. The predicted octanol–water partition coefficient (Wildman–Crippen LogP) is 4.15. The van der Waals surface area contributed by atoms with Gasteiger partial charge in [-0.25, -0.2) is 0 Å². The molecule has 0 bridgehead atoms. The molecule has 1 N–H and O–H groups in total. The Hall–Kier alpha value is -2.79. The molecule has 31 heavy (non-hydrogen) atoms. The van der Waals surface area contributed by atoms with Gasteiger partial charge in [-0.3, -0.25) is 9.59 Å². The van der Waals surface area contributed by atoms with Crippen LogP contribution in [-0.2, 0) is 20.7 Å². The van der Waals surface area contributed by atoms with Crippen LogP contribution in [0.25, 0.3) is 0 Å². The smallest absolute Gasteiger partial charge is 0.290 e. The van der Waals surface area contributed by atoms with Gasteiger partial charge in [-0.05, 0) is 48.9 Å². The summed E-state index contributed by atoms with van der Waals surface area (Å²) in [6.45, 7) is 0.445. The zero-order valence-electron chi connectivity index (χ0n) is 17.0. The van der Waals surface area contributed by atoms with E-state index in [0.29, 0.717) is 36.9 Å². The number of aromatic hydroxyl groups is 1. The molecule has 4 unspecified atom stereocenters. The fourth-order valence-electron chi connectivity index (χ4n) is 5.03. The molecule has 0 spiro atoms. The zero-order chi connectivity index (χ0) is 21.5. The maximum absolute atomic E-state index is 13.6. The first kappa shape index (κ1) is 20.1. The number of phenolic OH excluding ortho intramolecular Hbond substituents is 1. The van der Waals surface area contributed by atoms with Gasteiger partial charge in [0, 0.05) is 11.9 Å². The lowest BCUT2D eigenvalue weighted by molar-refractivity contribution is -0.135. The Morgan fingerprint density at radius 2 is 1.87 bits per heavy atom. The minimum Gasteiger partial charge on any atom is -0.508 e. The number of ketones is 1. The minimum atomic E-state index is -0.567. The standard InChI is InChI=1S/C25H24ClNO4/c26-17-9-10-20-19(14-17)23(29)21-22(16-7-4-8-18(28)13-16)27(25(30)24(21)31-20)12-11-15-5-2-1-3-6-15/h1-8,13,17,19-20,22,28H,9-12,14H2. The SMILES string of the molecule is O=C1C2=C(OC3CCC(Cl)CC13)C(=O)N(CCc1ccccc1)C2c1cccc(O)c1. The number of phenols is 1. The molecule has 2 aliphatic heterocycles. The van der Waals surface area contributed by atoms with Crippen LogP contribution in [0.1, 0.15) is 36.4 Å². The number of alkyl halides is 1. The molecule has 3 aliphatic rings. The topological polar surface area (TPSA) is 66.8 Å². The zero-order valence-corrected chi connectivity index (χ0v) is 17.8. The third-order valence-corrected chi connectivity index (χ3v) is 6.95. The number of Topliss-reactive ketones (excluding diaryl/α,β-unsaturated/α-hetero) is 1. The molecule has 6 heteroatoms. The Bertz CT molecular complexity index is 1050. The average molecular weight is 438 g/mol. The molecular weight excluding hydrogens is 414 g/mol. The molecule has 2 heterocycles. The molecular formula is C25H24ClNO4. The van der Waals surface area contributed by atoms with Crippen molar-refractivity contribution in [3.63, 3.8) is 0 Å². The Morgan fingerprint density at radius 1 is 1.06 bits per heavy atom. The number of carbonyl (C=O) groups excluding carboxylic acids is 2. The Labute approximate surface area is 186 Å². The fraction of sp³-hybridized carbons (Fsp3) is 0.360. The first-order valence-corrected chi connectivity index (χ1v) is 11.2. The number of hydrogen-bond acceptors (Lipinski definition) is 4. The summed E-state index contributed by atoms with van der Waals surface area (Å²) in [5.74, 6) is -0.334. The summed E-state index contributed by atoms with van der Waals surface area (Å²) in [7, 11) is 0. The number of hydrogen-bond donors (Lipinski definition) is 1. The quantitative estimate of drug-likeness (QED) is 0.730. The maximum atomic E-state index is 13.6. The van der Waals surface area contributed by atoms with Crippen LogP contribution in [-0.4, -0.2) is 39.7 Å². The van der Waals surface area contributed by atoms with Crippen molar-refractivity contribution in [2.45, 2.75) is 43.2 Å². The fourth-order valence-corrected chi connectivity index (χ4v) is 5.35. The molecule has 2 aromatic rings. The highest BCUT2D eigenvalue weighted by Gasteiger charge is 2.52. The third-order valence-electron chi connectivity index (χ3n) is 6.55. The van der Waals surface area contributed by atoms with Gasteiger partial charge < -0.3 is 14.7 Å². The molecule has 0 radical (unpaired) electrons. The lowest BCUT2D eigenvalue weighted by atomic mass is 9.77. The molecule has 160 valence electrons. The largest absolute Gasteiger partial charge is 0.508 e. The van der Waals surface area contributed by atoms with E-state index in [1.807, 2.05) is 36.4 Å². The van der Waals surface area contributed by atoms with E-state index >= 15 is 0 Å². The number of nitrogens with zero attached hydrogens (tertiary/aromatic N) is 1. The molecule has 2 aromatic carbocycles. The summed E-state index contributed by atoms with van der Waals surface area (Å²) in [6.07, 6.45) is 2.39. The van der Waals surface area contributed by atoms with Crippen molar-refractivity contribution in [1.29, 1.82) is 0 Å². The first-order chi connectivity index (χ1) is 15.0. The van der Waals surface area contributed by atoms with E-state index in [1.165, 1.54) is 0 Å². The number of carbonyl (C=O) groups is 2. The van der Waals surface area contributed by atoms with Gasteiger partial charge in [-0.1, -0.05) is 42.5 Å². The second-order valence-corrected chi connectivity index (χ2v) is 9.13. The molecule has 1 saturated carbocycles. The lowest BCUT2D eigenvalue weighted by Crippen LogP contribution is -2.41. The van der Waals surface area contributed by atoms with Crippen molar-refractivity contribution >= 4 is 23.3 Å². The molecule has 4 atom stereocenters. The number of ether oxygens (including phenoxy) is 1. The summed E-state index contributed by atoms with van der Waals surface area (Å²) in [6, 6.07) is 16.1. The van der Waals surface area contributed by atoms with E-state index in [4.69, 9.17) is 16.3 Å². The highest BCUT2D eigenvalue weighted by molar-refractivity contribution is 6.21. The summed E-state index contributed by atoms with van der Waals surface area (Å²) in [5, 5.41) is 10.0. The van der Waals surface area contributed by atoms with Crippen LogP contribution in [0.4, 0.5) is 0 Å². The number of rotatable bonds is 4. The van der Waals surface area contributed by atoms with Crippen LogP contribution in [0.15, 0.2) is 65.9 Å². The number of fused-ring (bicyclic) bond motifs is 1. The van der Waals surface area contributed by atoms with Gasteiger partial charge in [-0.2, -0.15) is 0 Å². The molecule has 0 aromatic heterocycles. The molecule has 5 rings (SSSR count). The first-order valence-electron chi connectivity index (χ1n) is 10.8. The molecule has 5 nitrogen and oxygen atoms in total. The second-order valence-electron chi connectivity index (χ2n) is 8.51. The van der Waals surface area contributed by atoms with Crippen molar-refractivity contribution in [2.75, 3.05) is 6.54 Å². The van der Waals surface area contributed by atoms with E-state index in [9.17, 15) is 14.7 Å². The number of benzene rings is 2. The van der Waals surface area contributed by atoms with Gasteiger partial charge in [-0.15, -0.1) is 11.6 Å². The monoisotopic (exact) mass is 437 g/mol. The Morgan fingerprint density at radius 3 is 2.65 bits per heavy atom. The van der Waals surface area contributed by atoms with Gasteiger partial charge in [0.2, 0.25) is 0 Å². The van der Waals surface area contributed by atoms with Crippen molar-refractivity contribution < 1.29 is 19.4 Å². The highest BCUT2D eigenvalue weighted by Crippen LogP contribution is 2.47. The van der Waals surface area contributed by atoms with Gasteiger partial charge in [0.15, 0.2) is 11.5 Å². The van der Waals surface area contributed by atoms with Gasteiger partial charge in [0.05, 0.1) is 17.5 Å². The molecule has 1 amide bonds. The highest BCUT2D eigenvalue weighted by atomic mass is 35.5. The Kier molecular flexibility index (Phi) is 5.22. The summed E-state index contributed by atoms with van der Waals surface area (Å²) < 4.78 is 6.16. The summed E-state index contributed by atoms with van der Waals surface area (Å²) in [4.78, 5) is 28.7. The van der Waals surface area contributed by atoms with Crippen molar-refractivity contribution in [3.8, 4) is 5.75 Å². The van der Waals surface area contributed by atoms with Crippen molar-refractivity contribution in [3.05, 3.63) is 77.1 Å². The van der Waals surface area contributed by atoms with Crippen LogP contribution >= 0.6 is 11.6 Å². The second kappa shape index (κ2) is 8.04. The normalized spacial score (nSPS) is 27.7. The van der Waals surface area contributed by atoms with Gasteiger partial charge in [0.1, 0.15) is 11.9 Å². The van der Waals surface area contributed by atoms with Crippen LogP contribution in [0.3, 0.4) is 0 Å². The van der Waals surface area contributed by atoms with Crippen LogP contribution in [0.2, 0.25) is 0 Å². The average Bonchev–Trinajstić information content (AvgIpc) is 3.05. The van der Waals surface area contributed by atoms with E-state index in [0.717, 1.165) is 12.0 Å². The molecule has 0 saturated heterocycles. The Balaban J connectivity index is 1.52.